The van der Waals surface area contributed by atoms with Crippen LogP contribution in [0.25, 0.3) is 0 Å². The molecule has 18 heavy (non-hydrogen) atoms. The van der Waals surface area contributed by atoms with Crippen LogP contribution in [0, 0.1) is 33.3 Å². The van der Waals surface area contributed by atoms with Gasteiger partial charge in [0.1, 0.15) is 0 Å². The summed E-state index contributed by atoms with van der Waals surface area (Å²) < 4.78 is 38.6. The molecule has 0 aromatic carbocycles. The van der Waals surface area contributed by atoms with Crippen LogP contribution in [0.15, 0.2) is 29.0 Å². The van der Waals surface area contributed by atoms with E-state index >= 15 is 0 Å². The second kappa shape index (κ2) is 74.4. The number of nitrogens with zero attached hydrogens (tertiary/aromatic N) is 1. The van der Waals surface area contributed by atoms with Crippen LogP contribution in [0.1, 0.15) is 0 Å². The van der Waals surface area contributed by atoms with E-state index in [-0.39, 0.29) is 17.4 Å². The molecule has 6 nitrogen and oxygen atoms in total. The number of hydrogen-bond acceptors (Lipinski definition) is 1. The van der Waals surface area contributed by atoms with Gasteiger partial charge in [-0.1, -0.05) is 15.9 Å². The molecule has 1 rings (SSSR count). The molecule has 0 saturated carbocycles. The standard InChI is InChI=1S/C5H4BrN.5CO.Cr/c6-5-1-3-7-4-2-5;5*1-2;/h1-4H;;;;;;. The van der Waals surface area contributed by atoms with Crippen LogP contribution >= 0.6 is 15.9 Å². The van der Waals surface area contributed by atoms with Gasteiger partial charge in [-0.05, 0) is 12.1 Å². The Morgan fingerprint density at radius 1 is 0.722 bits per heavy atom. The maximum absolute atomic E-state index is 7.50. The van der Waals surface area contributed by atoms with Gasteiger partial charge in [0.2, 0.25) is 0 Å². The first-order valence-electron chi connectivity index (χ1n) is 2.97. The van der Waals surface area contributed by atoms with Gasteiger partial charge < -0.3 is 0 Å². The summed E-state index contributed by atoms with van der Waals surface area (Å²) in [6.07, 6.45) is 3.48. The van der Waals surface area contributed by atoms with Crippen molar-refractivity contribution < 1.29 is 40.6 Å². The smallest absolute Gasteiger partial charge is 0 e. The van der Waals surface area contributed by atoms with Gasteiger partial charge in [-0.15, -0.1) is 0 Å². The molecule has 0 unspecified atom stereocenters. The van der Waals surface area contributed by atoms with Crippen molar-refractivity contribution in [2.45, 2.75) is 0 Å². The van der Waals surface area contributed by atoms with Crippen molar-refractivity contribution in [2.75, 3.05) is 0 Å². The Balaban J connectivity index is -0.0000000285. The van der Waals surface area contributed by atoms with Crippen molar-refractivity contribution in [1.82, 2.24) is 4.98 Å². The summed E-state index contributed by atoms with van der Waals surface area (Å²) in [6.45, 7) is 22.5. The second-order valence-corrected chi connectivity index (χ2v) is 2.08. The average molecular weight is 350 g/mol. The first-order chi connectivity index (χ1) is 8.39. The van der Waals surface area contributed by atoms with E-state index in [0.717, 1.165) is 4.47 Å². The van der Waals surface area contributed by atoms with E-state index in [1.54, 1.807) is 12.4 Å². The number of rotatable bonds is 0. The van der Waals surface area contributed by atoms with Gasteiger partial charge in [-0.3, -0.25) is 4.98 Å². The summed E-state index contributed by atoms with van der Waals surface area (Å²) in [5.74, 6) is 0. The summed E-state index contributed by atoms with van der Waals surface area (Å²) in [6, 6.07) is 3.78. The molecule has 0 atom stereocenters. The minimum atomic E-state index is 0. The molecule has 1 heterocycles. The zero-order chi connectivity index (χ0) is 15.1. The fourth-order valence-corrected chi connectivity index (χ4v) is 0.570. The van der Waals surface area contributed by atoms with Gasteiger partial charge in [-0.25, -0.2) is 0 Å². The molecule has 0 fully saturated rings. The Hall–Kier alpha value is -1.14. The second-order valence-electron chi connectivity index (χ2n) is 1.17. The van der Waals surface area contributed by atoms with Crippen LogP contribution in [0.4, 0.5) is 0 Å². The van der Waals surface area contributed by atoms with E-state index in [4.69, 9.17) is 23.3 Å². The van der Waals surface area contributed by atoms with Crippen molar-refractivity contribution in [3.63, 3.8) is 0 Å². The van der Waals surface area contributed by atoms with Gasteiger partial charge in [-0.2, -0.15) is 0 Å². The van der Waals surface area contributed by atoms with Crippen LogP contribution in [0.3, 0.4) is 0 Å². The molecule has 8 heteroatoms. The molecule has 0 aliphatic carbocycles. The summed E-state index contributed by atoms with van der Waals surface area (Å²) in [5, 5.41) is 0. The Labute approximate surface area is 124 Å². The Kier molecular flexibility index (Phi) is 149. The number of aromatic nitrogens is 1. The van der Waals surface area contributed by atoms with Gasteiger partial charge in [0.05, 0.1) is 0 Å². The summed E-state index contributed by atoms with van der Waals surface area (Å²) in [4.78, 5) is 3.82. The minimum Gasteiger partial charge on any atom is 0 e. The molecule has 1 aromatic rings. The van der Waals surface area contributed by atoms with Crippen LogP contribution in [0.2, 0.25) is 0 Å². The number of pyridine rings is 1. The molecular weight excluding hydrogens is 346 g/mol. The van der Waals surface area contributed by atoms with E-state index in [1.165, 1.54) is 0 Å². The van der Waals surface area contributed by atoms with Crippen molar-refractivity contribution in [1.29, 1.82) is 0 Å². The molecule has 0 bridgehead atoms. The predicted octanol–water partition coefficient (Wildman–Crippen LogP) is 1.65. The van der Waals surface area contributed by atoms with E-state index in [0.29, 0.717) is 0 Å². The van der Waals surface area contributed by atoms with Gasteiger partial charge in [0, 0.05) is 34.2 Å². The molecule has 0 aliphatic heterocycles. The fraction of sp³-hybridized carbons (Fsp3) is 0. The first-order valence-corrected chi connectivity index (χ1v) is 3.76. The van der Waals surface area contributed by atoms with E-state index in [2.05, 4.69) is 54.2 Å². The monoisotopic (exact) mass is 349 g/mol. The summed E-state index contributed by atoms with van der Waals surface area (Å²) in [5.41, 5.74) is 0. The van der Waals surface area contributed by atoms with Gasteiger partial charge in [0.25, 0.3) is 0 Å². The largest absolute Gasteiger partial charge is 0 e. The van der Waals surface area contributed by atoms with Crippen molar-refractivity contribution >= 4 is 15.9 Å². The predicted molar refractivity (Wildman–Crippen MR) is 51.6 cm³/mol. The Bertz CT molecular complexity index is 286. The first kappa shape index (κ1) is 36.0. The Morgan fingerprint density at radius 2 is 0.944 bits per heavy atom. The van der Waals surface area contributed by atoms with Crippen LogP contribution in [-0.4, -0.2) is 4.98 Å². The SMILES string of the molecule is Brc1ccncc1.[C-]#[O+].[C-]#[O+].[C-]#[O+].[C-]#[O+].[C-]#[O+].[Cr]. The van der Waals surface area contributed by atoms with E-state index in [9.17, 15) is 0 Å². The van der Waals surface area contributed by atoms with Crippen molar-refractivity contribution in [3.05, 3.63) is 62.3 Å². The van der Waals surface area contributed by atoms with Crippen LogP contribution in [0.5, 0.6) is 0 Å². The molecule has 0 spiro atoms. The summed E-state index contributed by atoms with van der Waals surface area (Å²) in [7, 11) is 0. The molecule has 0 N–H and O–H groups in total. The van der Waals surface area contributed by atoms with Crippen LogP contribution < -0.4 is 0 Å². The molecule has 1 aromatic heterocycles. The zero-order valence-corrected chi connectivity index (χ0v) is 11.4. The number of halogens is 1. The quantitative estimate of drug-likeness (QED) is 0.514. The minimum absolute atomic E-state index is 0. The maximum atomic E-state index is 7.50. The van der Waals surface area contributed by atoms with Crippen LogP contribution in [-0.2, 0) is 40.6 Å². The molecule has 0 radical (unpaired) electrons. The fourth-order valence-electron chi connectivity index (χ4n) is 0.334. The molecule has 0 saturated heterocycles. The number of hydrogen-bond donors (Lipinski definition) is 0. The topological polar surface area (TPSA) is 112 Å². The van der Waals surface area contributed by atoms with E-state index in [1.807, 2.05) is 12.1 Å². The maximum Gasteiger partial charge on any atom is 0 e. The van der Waals surface area contributed by atoms with Gasteiger partial charge >= 0.3 is 56.5 Å². The summed E-state index contributed by atoms with van der Waals surface area (Å²) >= 11 is 3.27. The molecule has 0 aliphatic rings. The average Bonchev–Trinajstić information content (AvgIpc) is 2.50. The third kappa shape index (κ3) is 60.6. The van der Waals surface area contributed by atoms with Gasteiger partial charge in [0.15, 0.2) is 0 Å². The molecular formula is C10H4BrCrNO5. The normalized spacial score (nSPS) is 3.94. The Morgan fingerprint density at radius 3 is 1.06 bits per heavy atom. The van der Waals surface area contributed by atoms with E-state index < -0.39 is 0 Å². The van der Waals surface area contributed by atoms with Crippen molar-refractivity contribution in [3.8, 4) is 0 Å². The third-order valence-electron chi connectivity index (χ3n) is 0.640. The zero-order valence-electron chi connectivity index (χ0n) is 8.58. The van der Waals surface area contributed by atoms with Crippen molar-refractivity contribution in [2.24, 2.45) is 0 Å². The third-order valence-corrected chi connectivity index (χ3v) is 1.17. The molecule has 92 valence electrons. The molecule has 0 amide bonds.